The molecule has 0 spiro atoms. The van der Waals surface area contributed by atoms with Gasteiger partial charge in [0.15, 0.2) is 5.13 Å². The van der Waals surface area contributed by atoms with Gasteiger partial charge in [0.05, 0.1) is 24.8 Å². The molecule has 0 bridgehead atoms. The van der Waals surface area contributed by atoms with Gasteiger partial charge >= 0.3 is 5.97 Å². The summed E-state index contributed by atoms with van der Waals surface area (Å²) in [6, 6.07) is 1.90. The number of carbonyl (C=O) groups is 2. The van der Waals surface area contributed by atoms with E-state index in [9.17, 15) is 9.59 Å². The second-order valence-electron chi connectivity index (χ2n) is 6.77. The molecule has 2 aromatic heterocycles. The predicted molar refractivity (Wildman–Crippen MR) is 102 cm³/mol. The Labute approximate surface area is 162 Å². The molecule has 9 heteroatoms. The number of morpholine rings is 1. The standard InChI is InChI=1S/C18H24N4O4S/c1-12-8-15(13(2)22(12)18-19-4-7-27-18)17(25)21-5-6-26-14(10-21)9-20(3)11-16(23)24/h4,7-8,14H,5-6,9-11H2,1-3H3,(H,23,24). The molecule has 1 N–H and O–H groups in total. The zero-order chi connectivity index (χ0) is 19.6. The maximum absolute atomic E-state index is 13.1. The molecule has 0 radical (unpaired) electrons. The summed E-state index contributed by atoms with van der Waals surface area (Å²) in [5, 5.41) is 11.6. The number of thiazole rings is 1. The fourth-order valence-corrected chi connectivity index (χ4v) is 4.18. The highest BCUT2D eigenvalue weighted by atomic mass is 32.1. The van der Waals surface area contributed by atoms with Crippen molar-refractivity contribution in [2.24, 2.45) is 0 Å². The maximum Gasteiger partial charge on any atom is 0.317 e. The number of hydrogen-bond acceptors (Lipinski definition) is 6. The monoisotopic (exact) mass is 392 g/mol. The summed E-state index contributed by atoms with van der Waals surface area (Å²) in [6.45, 7) is 5.73. The van der Waals surface area contributed by atoms with Gasteiger partial charge in [-0.1, -0.05) is 0 Å². The summed E-state index contributed by atoms with van der Waals surface area (Å²) < 4.78 is 7.72. The molecule has 0 saturated carbocycles. The Morgan fingerprint density at radius 2 is 2.22 bits per heavy atom. The van der Waals surface area contributed by atoms with E-state index in [4.69, 9.17) is 9.84 Å². The average Bonchev–Trinajstić information content (AvgIpc) is 3.21. The van der Waals surface area contributed by atoms with Crippen LogP contribution >= 0.6 is 11.3 Å². The molecule has 146 valence electrons. The third kappa shape index (κ3) is 4.37. The second kappa shape index (κ2) is 8.20. The summed E-state index contributed by atoms with van der Waals surface area (Å²) in [7, 11) is 1.74. The molecule has 3 heterocycles. The van der Waals surface area contributed by atoms with Crippen molar-refractivity contribution >= 4 is 23.2 Å². The lowest BCUT2D eigenvalue weighted by Gasteiger charge is -2.34. The highest BCUT2D eigenvalue weighted by Gasteiger charge is 2.28. The largest absolute Gasteiger partial charge is 0.480 e. The molecule has 0 aromatic carbocycles. The van der Waals surface area contributed by atoms with Crippen LogP contribution in [0.4, 0.5) is 0 Å². The SMILES string of the molecule is Cc1cc(C(=O)N2CCOC(CN(C)CC(=O)O)C2)c(C)n1-c1nccs1. The lowest BCUT2D eigenvalue weighted by atomic mass is 10.2. The Balaban J connectivity index is 1.72. The van der Waals surface area contributed by atoms with Gasteiger partial charge in [-0.15, -0.1) is 11.3 Å². The Bertz CT molecular complexity index is 818. The molecule has 0 aliphatic carbocycles. The fourth-order valence-electron chi connectivity index (χ4n) is 3.43. The number of carboxylic acid groups (broad SMARTS) is 1. The van der Waals surface area contributed by atoms with Crippen LogP contribution in [-0.4, -0.2) is 82.3 Å². The van der Waals surface area contributed by atoms with Crippen molar-refractivity contribution in [3.05, 3.63) is 34.6 Å². The van der Waals surface area contributed by atoms with E-state index in [2.05, 4.69) is 4.98 Å². The minimum Gasteiger partial charge on any atom is -0.480 e. The van der Waals surface area contributed by atoms with Crippen LogP contribution < -0.4 is 0 Å². The molecule has 27 heavy (non-hydrogen) atoms. The van der Waals surface area contributed by atoms with E-state index in [1.54, 1.807) is 23.0 Å². The van der Waals surface area contributed by atoms with Crippen LogP contribution in [-0.2, 0) is 9.53 Å². The van der Waals surface area contributed by atoms with E-state index >= 15 is 0 Å². The minimum absolute atomic E-state index is 0.0277. The highest BCUT2D eigenvalue weighted by Crippen LogP contribution is 2.24. The van der Waals surface area contributed by atoms with Crippen LogP contribution in [0.2, 0.25) is 0 Å². The number of aryl methyl sites for hydroxylation is 1. The minimum atomic E-state index is -0.879. The fraction of sp³-hybridized carbons (Fsp3) is 0.500. The number of hydrogen-bond donors (Lipinski definition) is 1. The molecule has 1 aliphatic heterocycles. The number of likely N-dealkylation sites (N-methyl/N-ethyl adjacent to an activating group) is 1. The Morgan fingerprint density at radius 1 is 1.44 bits per heavy atom. The summed E-state index contributed by atoms with van der Waals surface area (Å²) in [6.07, 6.45) is 1.55. The van der Waals surface area contributed by atoms with Crippen molar-refractivity contribution in [1.29, 1.82) is 0 Å². The van der Waals surface area contributed by atoms with E-state index in [-0.39, 0.29) is 18.6 Å². The molecule has 1 unspecified atom stereocenters. The Kier molecular flexibility index (Phi) is 5.93. The van der Waals surface area contributed by atoms with E-state index in [1.807, 2.05) is 29.9 Å². The van der Waals surface area contributed by atoms with Gasteiger partial charge < -0.3 is 14.7 Å². The van der Waals surface area contributed by atoms with Gasteiger partial charge in [0.25, 0.3) is 5.91 Å². The van der Waals surface area contributed by atoms with Crippen LogP contribution in [0, 0.1) is 13.8 Å². The number of ether oxygens (including phenoxy) is 1. The van der Waals surface area contributed by atoms with Crippen LogP contribution in [0.3, 0.4) is 0 Å². The van der Waals surface area contributed by atoms with Crippen molar-refractivity contribution in [3.63, 3.8) is 0 Å². The average molecular weight is 392 g/mol. The Hall–Kier alpha value is -2.23. The molecule has 1 aliphatic rings. The van der Waals surface area contributed by atoms with E-state index < -0.39 is 5.97 Å². The van der Waals surface area contributed by atoms with Crippen molar-refractivity contribution in [1.82, 2.24) is 19.4 Å². The topological polar surface area (TPSA) is 87.9 Å². The predicted octanol–water partition coefficient (Wildman–Crippen LogP) is 1.41. The molecular formula is C18H24N4O4S. The van der Waals surface area contributed by atoms with E-state index in [0.717, 1.165) is 16.5 Å². The first-order valence-electron chi connectivity index (χ1n) is 8.77. The number of nitrogens with zero attached hydrogens (tertiary/aromatic N) is 4. The number of carboxylic acids is 1. The van der Waals surface area contributed by atoms with Gasteiger partial charge in [0.2, 0.25) is 0 Å². The van der Waals surface area contributed by atoms with Gasteiger partial charge in [-0.3, -0.25) is 19.1 Å². The summed E-state index contributed by atoms with van der Waals surface area (Å²) >= 11 is 1.53. The quantitative estimate of drug-likeness (QED) is 0.800. The van der Waals surface area contributed by atoms with Gasteiger partial charge in [-0.25, -0.2) is 4.98 Å². The van der Waals surface area contributed by atoms with Gasteiger partial charge in [-0.05, 0) is 27.0 Å². The molecule has 8 nitrogen and oxygen atoms in total. The Morgan fingerprint density at radius 3 is 2.89 bits per heavy atom. The molecule has 2 aromatic rings. The van der Waals surface area contributed by atoms with Crippen LogP contribution in [0.5, 0.6) is 0 Å². The number of aromatic nitrogens is 2. The first-order valence-corrected chi connectivity index (χ1v) is 9.64. The van der Waals surface area contributed by atoms with Crippen LogP contribution in [0.15, 0.2) is 17.6 Å². The van der Waals surface area contributed by atoms with Gasteiger partial charge in [0.1, 0.15) is 0 Å². The van der Waals surface area contributed by atoms with Crippen molar-refractivity contribution < 1.29 is 19.4 Å². The summed E-state index contributed by atoms with van der Waals surface area (Å²) in [4.78, 5) is 31.7. The first kappa shape index (κ1) is 19.5. The van der Waals surface area contributed by atoms with Crippen molar-refractivity contribution in [2.75, 3.05) is 39.8 Å². The normalized spacial score (nSPS) is 17.5. The number of amides is 1. The van der Waals surface area contributed by atoms with Crippen LogP contribution in [0.25, 0.3) is 5.13 Å². The lowest BCUT2D eigenvalue weighted by molar-refractivity contribution is -0.138. The smallest absolute Gasteiger partial charge is 0.317 e. The second-order valence-corrected chi connectivity index (χ2v) is 7.64. The van der Waals surface area contributed by atoms with E-state index in [1.165, 1.54) is 11.3 Å². The molecule has 1 saturated heterocycles. The lowest BCUT2D eigenvalue weighted by Crippen LogP contribution is -2.49. The molecule has 3 rings (SSSR count). The number of rotatable bonds is 6. The summed E-state index contributed by atoms with van der Waals surface area (Å²) in [5.41, 5.74) is 2.51. The molecule has 1 amide bonds. The zero-order valence-electron chi connectivity index (χ0n) is 15.7. The zero-order valence-corrected chi connectivity index (χ0v) is 16.5. The third-order valence-corrected chi connectivity index (χ3v) is 5.38. The van der Waals surface area contributed by atoms with Gasteiger partial charge in [-0.2, -0.15) is 0 Å². The highest BCUT2D eigenvalue weighted by molar-refractivity contribution is 7.12. The number of carbonyl (C=O) groups excluding carboxylic acids is 1. The maximum atomic E-state index is 13.1. The number of aliphatic carboxylic acids is 1. The molecule has 1 atom stereocenters. The summed E-state index contributed by atoms with van der Waals surface area (Å²) in [5.74, 6) is -0.907. The third-order valence-electron chi connectivity index (χ3n) is 4.62. The van der Waals surface area contributed by atoms with Crippen molar-refractivity contribution in [3.8, 4) is 5.13 Å². The van der Waals surface area contributed by atoms with Crippen molar-refractivity contribution in [2.45, 2.75) is 20.0 Å². The first-order chi connectivity index (χ1) is 12.9. The molecule has 1 fully saturated rings. The van der Waals surface area contributed by atoms with Gasteiger partial charge in [0, 0.05) is 42.6 Å². The molecular weight excluding hydrogens is 368 g/mol. The van der Waals surface area contributed by atoms with Crippen LogP contribution in [0.1, 0.15) is 21.7 Å². The van der Waals surface area contributed by atoms with E-state index in [0.29, 0.717) is 31.8 Å².